The molecular weight excluding hydrogens is 232 g/mol. The fourth-order valence-electron chi connectivity index (χ4n) is 2.91. The largest absolute Gasteiger partial charge is 0.271 e. The average Bonchev–Trinajstić information content (AvgIpc) is 2.45. The van der Waals surface area contributed by atoms with Crippen molar-refractivity contribution < 1.29 is 0 Å². The third-order valence-electron chi connectivity index (χ3n) is 3.93. The van der Waals surface area contributed by atoms with Crippen molar-refractivity contribution in [2.45, 2.75) is 64.8 Å². The molecule has 0 bridgehead atoms. The molecule has 2 heteroatoms. The molecule has 1 atom stereocenters. The fraction of sp³-hybridized carbons (Fsp3) is 0.647. The van der Waals surface area contributed by atoms with Gasteiger partial charge in [0, 0.05) is 6.04 Å². The highest BCUT2D eigenvalue weighted by atomic mass is 15.2. The van der Waals surface area contributed by atoms with Gasteiger partial charge in [-0.05, 0) is 43.6 Å². The van der Waals surface area contributed by atoms with Gasteiger partial charge in [-0.3, -0.25) is 11.3 Å². The normalized spacial score (nSPS) is 12.8. The molecule has 1 unspecified atom stereocenters. The van der Waals surface area contributed by atoms with E-state index in [0.29, 0.717) is 6.04 Å². The van der Waals surface area contributed by atoms with Crippen LogP contribution in [-0.4, -0.2) is 6.04 Å². The molecule has 0 fully saturated rings. The van der Waals surface area contributed by atoms with E-state index in [1.165, 1.54) is 44.1 Å². The first-order valence-electron chi connectivity index (χ1n) is 7.81. The molecule has 0 spiro atoms. The molecule has 108 valence electrons. The molecule has 1 aromatic carbocycles. The van der Waals surface area contributed by atoms with Crippen LogP contribution in [0.15, 0.2) is 30.3 Å². The first-order valence-corrected chi connectivity index (χ1v) is 7.81. The summed E-state index contributed by atoms with van der Waals surface area (Å²) in [4.78, 5) is 0. The van der Waals surface area contributed by atoms with Gasteiger partial charge in [0.25, 0.3) is 0 Å². The molecule has 19 heavy (non-hydrogen) atoms. The van der Waals surface area contributed by atoms with Gasteiger partial charge in [-0.25, -0.2) is 0 Å². The molecular formula is C17H30N2. The second kappa shape index (κ2) is 9.99. The molecule has 0 saturated carbocycles. The van der Waals surface area contributed by atoms with Crippen molar-refractivity contribution in [3.63, 3.8) is 0 Å². The number of aryl methyl sites for hydroxylation is 1. The molecule has 0 aromatic heterocycles. The maximum atomic E-state index is 5.76. The molecule has 0 aliphatic carbocycles. The number of nitrogens with one attached hydrogen (secondary N) is 1. The van der Waals surface area contributed by atoms with E-state index in [1.54, 1.807) is 0 Å². The summed E-state index contributed by atoms with van der Waals surface area (Å²) >= 11 is 0. The summed E-state index contributed by atoms with van der Waals surface area (Å²) < 4.78 is 0. The van der Waals surface area contributed by atoms with Gasteiger partial charge >= 0.3 is 0 Å². The Morgan fingerprint density at radius 1 is 1.00 bits per heavy atom. The summed E-state index contributed by atoms with van der Waals surface area (Å²) in [6, 6.07) is 11.2. The highest BCUT2D eigenvalue weighted by Gasteiger charge is 2.18. The lowest BCUT2D eigenvalue weighted by Crippen LogP contribution is -2.41. The van der Waals surface area contributed by atoms with Crippen LogP contribution < -0.4 is 11.3 Å². The highest BCUT2D eigenvalue weighted by Crippen LogP contribution is 2.21. The van der Waals surface area contributed by atoms with Crippen LogP contribution in [0.3, 0.4) is 0 Å². The zero-order chi connectivity index (χ0) is 13.9. The lowest BCUT2D eigenvalue weighted by atomic mass is 9.87. The van der Waals surface area contributed by atoms with Crippen molar-refractivity contribution >= 4 is 0 Å². The van der Waals surface area contributed by atoms with Crippen molar-refractivity contribution in [1.82, 2.24) is 5.43 Å². The van der Waals surface area contributed by atoms with E-state index in [4.69, 9.17) is 5.84 Å². The van der Waals surface area contributed by atoms with Crippen LogP contribution in [0.4, 0.5) is 0 Å². The molecule has 1 rings (SSSR count). The Labute approximate surface area is 118 Å². The van der Waals surface area contributed by atoms with Crippen LogP contribution in [-0.2, 0) is 6.42 Å². The Kier molecular flexibility index (Phi) is 8.52. The summed E-state index contributed by atoms with van der Waals surface area (Å²) in [5, 5.41) is 0. The van der Waals surface area contributed by atoms with Gasteiger partial charge in [0.1, 0.15) is 0 Å². The monoisotopic (exact) mass is 262 g/mol. The maximum absolute atomic E-state index is 5.76. The number of hydrogen-bond acceptors (Lipinski definition) is 2. The van der Waals surface area contributed by atoms with Crippen LogP contribution in [0, 0.1) is 5.92 Å². The van der Waals surface area contributed by atoms with Gasteiger partial charge in [-0.2, -0.15) is 0 Å². The first kappa shape index (κ1) is 16.2. The molecule has 0 aliphatic rings. The Morgan fingerprint density at radius 2 is 1.63 bits per heavy atom. The lowest BCUT2D eigenvalue weighted by Gasteiger charge is -2.26. The molecule has 1 aromatic rings. The SMILES string of the molecule is CCCC(CCC)C(CCCc1ccccc1)NN. The minimum atomic E-state index is 0.476. The van der Waals surface area contributed by atoms with E-state index in [-0.39, 0.29) is 0 Å². The summed E-state index contributed by atoms with van der Waals surface area (Å²) in [5.74, 6) is 6.50. The highest BCUT2D eigenvalue weighted by molar-refractivity contribution is 5.14. The molecule has 0 saturated heterocycles. The van der Waals surface area contributed by atoms with Crippen molar-refractivity contribution in [2.24, 2.45) is 11.8 Å². The van der Waals surface area contributed by atoms with Crippen molar-refractivity contribution in [3.8, 4) is 0 Å². The summed E-state index contributed by atoms with van der Waals surface area (Å²) in [6.45, 7) is 4.53. The molecule has 0 radical (unpaired) electrons. The Morgan fingerprint density at radius 3 is 2.16 bits per heavy atom. The van der Waals surface area contributed by atoms with Crippen LogP contribution in [0.5, 0.6) is 0 Å². The van der Waals surface area contributed by atoms with Gasteiger partial charge in [0.05, 0.1) is 0 Å². The van der Waals surface area contributed by atoms with Crippen LogP contribution >= 0.6 is 0 Å². The number of rotatable bonds is 10. The quantitative estimate of drug-likeness (QED) is 0.493. The van der Waals surface area contributed by atoms with Gasteiger partial charge < -0.3 is 0 Å². The molecule has 0 aliphatic heterocycles. The smallest absolute Gasteiger partial charge is 0.0238 e. The lowest BCUT2D eigenvalue weighted by molar-refractivity contribution is 0.295. The fourth-order valence-corrected chi connectivity index (χ4v) is 2.91. The number of nitrogens with two attached hydrogens (primary N) is 1. The second-order valence-corrected chi connectivity index (χ2v) is 5.49. The van der Waals surface area contributed by atoms with Gasteiger partial charge in [-0.1, -0.05) is 57.0 Å². The van der Waals surface area contributed by atoms with Gasteiger partial charge in [0.15, 0.2) is 0 Å². The number of benzene rings is 1. The van der Waals surface area contributed by atoms with Crippen LogP contribution in [0.1, 0.15) is 57.9 Å². The predicted molar refractivity (Wildman–Crippen MR) is 83.8 cm³/mol. The van der Waals surface area contributed by atoms with Crippen molar-refractivity contribution in [1.29, 1.82) is 0 Å². The Hall–Kier alpha value is -0.860. The Balaban J connectivity index is 2.38. The van der Waals surface area contributed by atoms with Gasteiger partial charge in [0.2, 0.25) is 0 Å². The van der Waals surface area contributed by atoms with E-state index in [1.807, 2.05) is 0 Å². The summed E-state index contributed by atoms with van der Waals surface area (Å²) in [5.41, 5.74) is 4.49. The number of hydrogen-bond donors (Lipinski definition) is 2. The zero-order valence-electron chi connectivity index (χ0n) is 12.6. The average molecular weight is 262 g/mol. The first-order chi connectivity index (χ1) is 9.31. The van der Waals surface area contributed by atoms with E-state index >= 15 is 0 Å². The van der Waals surface area contributed by atoms with Crippen LogP contribution in [0.2, 0.25) is 0 Å². The van der Waals surface area contributed by atoms with E-state index in [2.05, 4.69) is 49.6 Å². The topological polar surface area (TPSA) is 38.0 Å². The summed E-state index contributed by atoms with van der Waals surface area (Å²) in [7, 11) is 0. The van der Waals surface area contributed by atoms with Crippen molar-refractivity contribution in [2.75, 3.05) is 0 Å². The zero-order valence-corrected chi connectivity index (χ0v) is 12.6. The third kappa shape index (κ3) is 6.22. The van der Waals surface area contributed by atoms with Gasteiger partial charge in [-0.15, -0.1) is 0 Å². The summed E-state index contributed by atoms with van der Waals surface area (Å²) in [6.07, 6.45) is 8.62. The predicted octanol–water partition coefficient (Wildman–Crippen LogP) is 4.06. The van der Waals surface area contributed by atoms with E-state index < -0.39 is 0 Å². The third-order valence-corrected chi connectivity index (χ3v) is 3.93. The molecule has 2 nitrogen and oxygen atoms in total. The minimum Gasteiger partial charge on any atom is -0.271 e. The second-order valence-electron chi connectivity index (χ2n) is 5.49. The Bertz CT molecular complexity index is 304. The molecule has 0 heterocycles. The number of hydrazine groups is 1. The molecule has 3 N–H and O–H groups in total. The maximum Gasteiger partial charge on any atom is 0.0238 e. The minimum absolute atomic E-state index is 0.476. The van der Waals surface area contributed by atoms with Crippen molar-refractivity contribution in [3.05, 3.63) is 35.9 Å². The van der Waals surface area contributed by atoms with Crippen LogP contribution in [0.25, 0.3) is 0 Å². The van der Waals surface area contributed by atoms with E-state index in [0.717, 1.165) is 12.3 Å². The van der Waals surface area contributed by atoms with E-state index in [9.17, 15) is 0 Å². The molecule has 0 amide bonds. The standard InChI is InChI=1S/C17H30N2/c1-3-9-16(10-4-2)17(19-18)14-8-13-15-11-6-5-7-12-15/h5-7,11-12,16-17,19H,3-4,8-10,13-14,18H2,1-2H3.